The van der Waals surface area contributed by atoms with Crippen LogP contribution in [0.4, 0.5) is 0 Å². The number of aromatic nitrogens is 3. The highest BCUT2D eigenvalue weighted by Crippen LogP contribution is 2.17. The summed E-state index contributed by atoms with van der Waals surface area (Å²) in [5.74, 6) is 0.558. The highest BCUT2D eigenvalue weighted by molar-refractivity contribution is 5.83. The molecule has 3 heteroatoms. The van der Waals surface area contributed by atoms with Gasteiger partial charge in [0.05, 0.1) is 11.4 Å². The fourth-order valence-corrected chi connectivity index (χ4v) is 3.05. The van der Waals surface area contributed by atoms with Gasteiger partial charge >= 0.3 is 0 Å². The summed E-state index contributed by atoms with van der Waals surface area (Å²) in [6.45, 7) is 4.42. The number of nitrogens with one attached hydrogen (secondary N) is 2. The fourth-order valence-electron chi connectivity index (χ4n) is 3.05. The minimum Gasteiger partial charge on any atom is -0.361 e. The van der Waals surface area contributed by atoms with Crippen LogP contribution in [-0.4, -0.2) is 15.2 Å². The van der Waals surface area contributed by atoms with Gasteiger partial charge in [-0.2, -0.15) is 5.10 Å². The second-order valence-electron chi connectivity index (χ2n) is 7.06. The zero-order chi connectivity index (χ0) is 18.6. The Labute approximate surface area is 159 Å². The first kappa shape index (κ1) is 17.1. The van der Waals surface area contributed by atoms with Crippen LogP contribution in [0.5, 0.6) is 0 Å². The molecule has 0 aliphatic carbocycles. The molecule has 0 amide bonds. The molecule has 0 unspecified atom stereocenters. The molecule has 2 aromatic carbocycles. The predicted molar refractivity (Wildman–Crippen MR) is 115 cm³/mol. The zero-order valence-electron chi connectivity index (χ0n) is 15.6. The SMILES string of the molecule is CC(C)c1ccc(/C=C/c2cc(/C=C/c3ccc4cc[nH]c4c3)n[nH]2)cc1. The molecule has 0 atom stereocenters. The van der Waals surface area contributed by atoms with Gasteiger partial charge in [0.25, 0.3) is 0 Å². The molecule has 0 aliphatic rings. The highest BCUT2D eigenvalue weighted by atomic mass is 15.1. The minimum absolute atomic E-state index is 0.558. The summed E-state index contributed by atoms with van der Waals surface area (Å²) in [5.41, 5.74) is 6.74. The van der Waals surface area contributed by atoms with Crippen LogP contribution in [-0.2, 0) is 0 Å². The lowest BCUT2D eigenvalue weighted by Gasteiger charge is -2.04. The second-order valence-corrected chi connectivity index (χ2v) is 7.06. The standard InChI is InChI=1S/C24H23N3/c1-17(2)20-8-3-18(4-9-20)6-11-22-16-23(27-26-22)12-7-19-5-10-21-13-14-25-24(21)15-19/h3-17,25H,1-2H3,(H,26,27)/b11-6+,12-7+. The van der Waals surface area contributed by atoms with Crippen LogP contribution in [0.15, 0.2) is 60.8 Å². The summed E-state index contributed by atoms with van der Waals surface area (Å²) in [5, 5.41) is 8.66. The van der Waals surface area contributed by atoms with E-state index in [1.165, 1.54) is 16.5 Å². The first-order valence-corrected chi connectivity index (χ1v) is 9.26. The number of fused-ring (bicyclic) bond motifs is 1. The molecule has 3 nitrogen and oxygen atoms in total. The Hall–Kier alpha value is -3.33. The number of H-pyrrole nitrogens is 2. The summed E-state index contributed by atoms with van der Waals surface area (Å²) in [7, 11) is 0. The Bertz CT molecular complexity index is 1090. The molecule has 27 heavy (non-hydrogen) atoms. The number of aromatic amines is 2. The fraction of sp³-hybridized carbons (Fsp3) is 0.125. The van der Waals surface area contributed by atoms with Crippen molar-refractivity contribution in [2.45, 2.75) is 19.8 Å². The summed E-state index contributed by atoms with van der Waals surface area (Å²) in [6.07, 6.45) is 10.2. The van der Waals surface area contributed by atoms with Crippen LogP contribution in [0, 0.1) is 0 Å². The molecule has 0 fully saturated rings. The Morgan fingerprint density at radius 1 is 0.815 bits per heavy atom. The summed E-state index contributed by atoms with van der Waals surface area (Å²) in [4.78, 5) is 3.24. The van der Waals surface area contributed by atoms with Gasteiger partial charge in [0, 0.05) is 11.7 Å². The lowest BCUT2D eigenvalue weighted by molar-refractivity contribution is 0.866. The van der Waals surface area contributed by atoms with Crippen molar-refractivity contribution in [3.8, 4) is 0 Å². The Morgan fingerprint density at radius 2 is 1.59 bits per heavy atom. The van der Waals surface area contributed by atoms with E-state index in [4.69, 9.17) is 0 Å². The van der Waals surface area contributed by atoms with Gasteiger partial charge < -0.3 is 4.98 Å². The number of nitrogens with zero attached hydrogens (tertiary/aromatic N) is 1. The van der Waals surface area contributed by atoms with E-state index < -0.39 is 0 Å². The van der Waals surface area contributed by atoms with Gasteiger partial charge in [-0.05, 0) is 58.3 Å². The molecule has 4 rings (SSSR count). The molecule has 0 bridgehead atoms. The van der Waals surface area contributed by atoms with Crippen LogP contribution >= 0.6 is 0 Å². The third-order valence-corrected chi connectivity index (χ3v) is 4.70. The summed E-state index contributed by atoms with van der Waals surface area (Å²) < 4.78 is 0. The van der Waals surface area contributed by atoms with Gasteiger partial charge in [-0.3, -0.25) is 5.10 Å². The highest BCUT2D eigenvalue weighted by Gasteiger charge is 1.99. The quantitative estimate of drug-likeness (QED) is 0.431. The molecule has 0 saturated carbocycles. The van der Waals surface area contributed by atoms with E-state index in [-0.39, 0.29) is 0 Å². The molecule has 2 N–H and O–H groups in total. The molecular weight excluding hydrogens is 330 g/mol. The van der Waals surface area contributed by atoms with Crippen LogP contribution in [0.25, 0.3) is 35.2 Å². The van der Waals surface area contributed by atoms with Gasteiger partial charge in [-0.1, -0.05) is 62.4 Å². The molecule has 0 saturated heterocycles. The van der Waals surface area contributed by atoms with E-state index >= 15 is 0 Å². The van der Waals surface area contributed by atoms with Gasteiger partial charge in [0.1, 0.15) is 0 Å². The molecule has 4 aromatic rings. The summed E-state index contributed by atoms with van der Waals surface area (Å²) in [6, 6.07) is 19.2. The van der Waals surface area contributed by atoms with E-state index in [0.29, 0.717) is 5.92 Å². The van der Waals surface area contributed by atoms with Crippen molar-refractivity contribution in [1.82, 2.24) is 15.2 Å². The largest absolute Gasteiger partial charge is 0.361 e. The molecule has 0 aliphatic heterocycles. The van der Waals surface area contributed by atoms with Gasteiger partial charge in [0.2, 0.25) is 0 Å². The Kier molecular flexibility index (Phi) is 4.75. The van der Waals surface area contributed by atoms with Gasteiger partial charge in [-0.25, -0.2) is 0 Å². The van der Waals surface area contributed by atoms with Gasteiger partial charge in [-0.15, -0.1) is 0 Å². The lowest BCUT2D eigenvalue weighted by atomic mass is 10.0. The second kappa shape index (κ2) is 7.50. The maximum Gasteiger partial charge on any atom is 0.0854 e. The predicted octanol–water partition coefficient (Wildman–Crippen LogP) is 6.36. The van der Waals surface area contributed by atoms with E-state index in [1.807, 2.05) is 18.3 Å². The molecule has 2 aromatic heterocycles. The minimum atomic E-state index is 0.558. The van der Waals surface area contributed by atoms with E-state index in [2.05, 4.69) is 95.8 Å². The average Bonchev–Trinajstić information content (AvgIpc) is 3.33. The summed E-state index contributed by atoms with van der Waals surface area (Å²) >= 11 is 0. The van der Waals surface area contributed by atoms with Crippen molar-refractivity contribution in [2.24, 2.45) is 0 Å². The van der Waals surface area contributed by atoms with Crippen LogP contribution < -0.4 is 0 Å². The molecule has 134 valence electrons. The van der Waals surface area contributed by atoms with Crippen molar-refractivity contribution in [1.29, 1.82) is 0 Å². The van der Waals surface area contributed by atoms with Crippen LogP contribution in [0.1, 0.15) is 47.8 Å². The Morgan fingerprint density at radius 3 is 2.41 bits per heavy atom. The normalized spacial score (nSPS) is 12.1. The Balaban J connectivity index is 1.44. The first-order valence-electron chi connectivity index (χ1n) is 9.26. The van der Waals surface area contributed by atoms with Crippen LogP contribution in [0.2, 0.25) is 0 Å². The first-order chi connectivity index (χ1) is 13.2. The molecule has 0 radical (unpaired) electrons. The molecular formula is C24H23N3. The topological polar surface area (TPSA) is 44.5 Å². The number of hydrogen-bond acceptors (Lipinski definition) is 1. The molecule has 0 spiro atoms. The number of rotatable bonds is 5. The van der Waals surface area contributed by atoms with E-state index in [0.717, 1.165) is 22.5 Å². The van der Waals surface area contributed by atoms with Crippen molar-refractivity contribution < 1.29 is 0 Å². The van der Waals surface area contributed by atoms with Crippen molar-refractivity contribution in [2.75, 3.05) is 0 Å². The number of benzene rings is 2. The lowest BCUT2D eigenvalue weighted by Crippen LogP contribution is -1.85. The third-order valence-electron chi connectivity index (χ3n) is 4.70. The maximum absolute atomic E-state index is 4.36. The maximum atomic E-state index is 4.36. The van der Waals surface area contributed by atoms with Gasteiger partial charge in [0.15, 0.2) is 0 Å². The van der Waals surface area contributed by atoms with Crippen molar-refractivity contribution in [3.63, 3.8) is 0 Å². The van der Waals surface area contributed by atoms with E-state index in [1.54, 1.807) is 0 Å². The van der Waals surface area contributed by atoms with E-state index in [9.17, 15) is 0 Å². The molecule has 2 heterocycles. The average molecular weight is 353 g/mol. The monoisotopic (exact) mass is 353 g/mol. The van der Waals surface area contributed by atoms with Crippen molar-refractivity contribution in [3.05, 3.63) is 88.9 Å². The zero-order valence-corrected chi connectivity index (χ0v) is 15.6. The number of hydrogen-bond donors (Lipinski definition) is 2. The van der Waals surface area contributed by atoms with Crippen LogP contribution in [0.3, 0.4) is 0 Å². The van der Waals surface area contributed by atoms with Crippen molar-refractivity contribution >= 4 is 35.2 Å². The smallest absolute Gasteiger partial charge is 0.0854 e. The third kappa shape index (κ3) is 4.09.